The van der Waals surface area contributed by atoms with Gasteiger partial charge >= 0.3 is 0 Å². The first-order valence-corrected chi connectivity index (χ1v) is 7.11. The third-order valence-electron chi connectivity index (χ3n) is 4.92. The molecule has 2 atom stereocenters. The molecule has 0 aromatic rings. The molecule has 18 heavy (non-hydrogen) atoms. The van der Waals surface area contributed by atoms with E-state index >= 15 is 0 Å². The topological polar surface area (TPSA) is 26.3 Å². The van der Waals surface area contributed by atoms with Crippen LogP contribution in [0, 0.1) is 11.3 Å². The van der Waals surface area contributed by atoms with E-state index in [-0.39, 0.29) is 17.4 Å². The van der Waals surface area contributed by atoms with Crippen LogP contribution in [0.1, 0.15) is 52.9 Å². The van der Waals surface area contributed by atoms with Crippen LogP contribution >= 0.6 is 0 Å². The molecule has 2 nitrogen and oxygen atoms in total. The highest BCUT2D eigenvalue weighted by Crippen LogP contribution is 2.48. The van der Waals surface area contributed by atoms with E-state index in [9.17, 15) is 4.79 Å². The average molecular weight is 246 g/mol. The zero-order valence-corrected chi connectivity index (χ0v) is 11.6. The Hall–Kier alpha value is -1.05. The highest BCUT2D eigenvalue weighted by molar-refractivity contribution is 5.86. The third kappa shape index (κ3) is 1.73. The van der Waals surface area contributed by atoms with Gasteiger partial charge < -0.3 is 4.74 Å². The molecule has 0 aromatic heterocycles. The first-order valence-electron chi connectivity index (χ1n) is 7.11. The standard InChI is InChI=1S/C16H22O2/c1-10-16(2,3)9-13-11-5-4-6-14(17)12(11)7-8-15(13)18-10/h5,10,12H,4,6-9H2,1-3H3/t10-,12-/m0/s1. The van der Waals surface area contributed by atoms with Gasteiger partial charge in [-0.25, -0.2) is 0 Å². The number of hydrogen-bond donors (Lipinski definition) is 0. The van der Waals surface area contributed by atoms with Gasteiger partial charge in [0.15, 0.2) is 0 Å². The van der Waals surface area contributed by atoms with Gasteiger partial charge in [0, 0.05) is 24.2 Å². The molecule has 1 heterocycles. The monoisotopic (exact) mass is 246 g/mol. The summed E-state index contributed by atoms with van der Waals surface area (Å²) < 4.78 is 6.12. The Labute approximate surface area is 109 Å². The van der Waals surface area contributed by atoms with Crippen LogP contribution in [0.4, 0.5) is 0 Å². The van der Waals surface area contributed by atoms with Crippen LogP contribution in [0.15, 0.2) is 23.0 Å². The lowest BCUT2D eigenvalue weighted by Gasteiger charge is -2.43. The van der Waals surface area contributed by atoms with E-state index in [1.807, 2.05) is 0 Å². The smallest absolute Gasteiger partial charge is 0.140 e. The van der Waals surface area contributed by atoms with Crippen LogP contribution in [0.25, 0.3) is 0 Å². The van der Waals surface area contributed by atoms with Crippen molar-refractivity contribution in [2.75, 3.05) is 0 Å². The fraction of sp³-hybridized carbons (Fsp3) is 0.688. The van der Waals surface area contributed by atoms with E-state index in [4.69, 9.17) is 4.74 Å². The molecule has 0 aromatic carbocycles. The maximum atomic E-state index is 12.0. The summed E-state index contributed by atoms with van der Waals surface area (Å²) in [4.78, 5) is 12.0. The van der Waals surface area contributed by atoms with Gasteiger partial charge in [0.05, 0.1) is 5.76 Å². The Morgan fingerprint density at radius 3 is 2.89 bits per heavy atom. The highest BCUT2D eigenvalue weighted by Gasteiger charge is 2.41. The van der Waals surface area contributed by atoms with Gasteiger partial charge in [-0.05, 0) is 37.3 Å². The zero-order valence-electron chi connectivity index (χ0n) is 11.6. The molecule has 0 saturated heterocycles. The van der Waals surface area contributed by atoms with Crippen molar-refractivity contribution in [1.82, 2.24) is 0 Å². The van der Waals surface area contributed by atoms with Crippen molar-refractivity contribution in [3.05, 3.63) is 23.0 Å². The molecular weight excluding hydrogens is 224 g/mol. The first-order chi connectivity index (χ1) is 8.49. The van der Waals surface area contributed by atoms with Crippen LogP contribution < -0.4 is 0 Å². The van der Waals surface area contributed by atoms with Gasteiger partial charge in [0.25, 0.3) is 0 Å². The molecule has 1 aliphatic heterocycles. The van der Waals surface area contributed by atoms with E-state index in [1.165, 1.54) is 16.9 Å². The normalized spacial score (nSPS) is 34.4. The van der Waals surface area contributed by atoms with Crippen molar-refractivity contribution < 1.29 is 9.53 Å². The second-order valence-corrected chi connectivity index (χ2v) is 6.58. The Morgan fingerprint density at radius 2 is 2.11 bits per heavy atom. The van der Waals surface area contributed by atoms with Crippen molar-refractivity contribution in [2.45, 2.75) is 59.0 Å². The molecule has 0 N–H and O–H groups in total. The summed E-state index contributed by atoms with van der Waals surface area (Å²) in [5.41, 5.74) is 2.82. The summed E-state index contributed by atoms with van der Waals surface area (Å²) >= 11 is 0. The summed E-state index contributed by atoms with van der Waals surface area (Å²) in [5, 5.41) is 0. The molecular formula is C16H22O2. The van der Waals surface area contributed by atoms with E-state index in [0.29, 0.717) is 5.78 Å². The van der Waals surface area contributed by atoms with Crippen molar-refractivity contribution in [3.8, 4) is 0 Å². The Morgan fingerprint density at radius 1 is 1.33 bits per heavy atom. The van der Waals surface area contributed by atoms with Gasteiger partial charge in [-0.3, -0.25) is 4.79 Å². The lowest BCUT2D eigenvalue weighted by atomic mass is 9.69. The number of rotatable bonds is 0. The third-order valence-corrected chi connectivity index (χ3v) is 4.92. The predicted molar refractivity (Wildman–Crippen MR) is 71.0 cm³/mol. The minimum atomic E-state index is 0.169. The van der Waals surface area contributed by atoms with Crippen molar-refractivity contribution in [1.29, 1.82) is 0 Å². The summed E-state index contributed by atoms with van der Waals surface area (Å²) in [5.74, 6) is 1.78. The fourth-order valence-electron chi connectivity index (χ4n) is 3.40. The largest absolute Gasteiger partial charge is 0.494 e. The maximum Gasteiger partial charge on any atom is 0.140 e. The highest BCUT2D eigenvalue weighted by atomic mass is 16.5. The van der Waals surface area contributed by atoms with Crippen LogP contribution in [-0.2, 0) is 9.53 Å². The van der Waals surface area contributed by atoms with Crippen LogP contribution in [0.5, 0.6) is 0 Å². The van der Waals surface area contributed by atoms with Gasteiger partial charge in [-0.15, -0.1) is 0 Å². The van der Waals surface area contributed by atoms with Crippen LogP contribution in [0.2, 0.25) is 0 Å². The molecule has 0 saturated carbocycles. The van der Waals surface area contributed by atoms with Gasteiger partial charge in [-0.2, -0.15) is 0 Å². The number of fused-ring (bicyclic) bond motifs is 2. The minimum absolute atomic E-state index is 0.169. The van der Waals surface area contributed by atoms with Crippen LogP contribution in [0.3, 0.4) is 0 Å². The minimum Gasteiger partial charge on any atom is -0.494 e. The molecule has 0 radical (unpaired) electrons. The van der Waals surface area contributed by atoms with Crippen molar-refractivity contribution in [3.63, 3.8) is 0 Å². The summed E-state index contributed by atoms with van der Waals surface area (Å²) in [6.45, 7) is 6.68. The molecule has 3 aliphatic rings. The van der Waals surface area contributed by atoms with Crippen molar-refractivity contribution >= 4 is 5.78 Å². The quantitative estimate of drug-likeness (QED) is 0.650. The average Bonchev–Trinajstić information content (AvgIpc) is 2.31. The van der Waals surface area contributed by atoms with Crippen LogP contribution in [-0.4, -0.2) is 11.9 Å². The molecule has 2 heteroatoms. The molecule has 0 spiro atoms. The maximum absolute atomic E-state index is 12.0. The number of hydrogen-bond acceptors (Lipinski definition) is 2. The molecule has 2 aliphatic carbocycles. The molecule has 0 amide bonds. The van der Waals surface area contributed by atoms with Gasteiger partial charge in [0.1, 0.15) is 11.9 Å². The van der Waals surface area contributed by atoms with E-state index in [2.05, 4.69) is 26.8 Å². The second kappa shape index (κ2) is 3.97. The summed E-state index contributed by atoms with van der Waals surface area (Å²) in [6, 6.07) is 0. The van der Waals surface area contributed by atoms with Gasteiger partial charge in [-0.1, -0.05) is 19.9 Å². The lowest BCUT2D eigenvalue weighted by molar-refractivity contribution is -0.122. The predicted octanol–water partition coefficient (Wildman–Crippen LogP) is 3.77. The van der Waals surface area contributed by atoms with E-state index in [1.54, 1.807) is 0 Å². The summed E-state index contributed by atoms with van der Waals surface area (Å²) in [7, 11) is 0. The SMILES string of the molecule is C[C@@H]1OC2=C(CC1(C)C)C1=CCCC(=O)[C@H]1CC2. The Bertz CT molecular complexity index is 454. The van der Waals surface area contributed by atoms with E-state index < -0.39 is 0 Å². The Kier molecular flexibility index (Phi) is 2.65. The number of carbonyl (C=O) groups excluding carboxylic acids is 1. The molecule has 0 bridgehead atoms. The molecule has 3 rings (SSSR count). The lowest BCUT2D eigenvalue weighted by Crippen LogP contribution is -2.37. The number of allylic oxidation sites excluding steroid dienone is 4. The number of ether oxygens (including phenoxy) is 1. The van der Waals surface area contributed by atoms with E-state index in [0.717, 1.165) is 32.1 Å². The number of Topliss-reactive ketones (excluding diaryl/α,β-unsaturated/α-hetero) is 1. The molecule has 0 fully saturated rings. The summed E-state index contributed by atoms with van der Waals surface area (Å²) in [6.07, 6.45) is 7.16. The van der Waals surface area contributed by atoms with Gasteiger partial charge in [0.2, 0.25) is 0 Å². The molecule has 0 unspecified atom stereocenters. The zero-order chi connectivity index (χ0) is 12.9. The molecule has 98 valence electrons. The van der Waals surface area contributed by atoms with Crippen molar-refractivity contribution in [2.24, 2.45) is 11.3 Å². The Balaban J connectivity index is 2.00. The number of carbonyl (C=O) groups is 1. The fourth-order valence-corrected chi connectivity index (χ4v) is 3.40. The first kappa shape index (κ1) is 12.0. The number of ketones is 1. The second-order valence-electron chi connectivity index (χ2n) is 6.58.